The van der Waals surface area contributed by atoms with Gasteiger partial charge in [-0.1, -0.05) is 25.1 Å². The lowest BCUT2D eigenvalue weighted by atomic mass is 10.2. The number of hydrogen-bond acceptors (Lipinski definition) is 6. The predicted octanol–water partition coefficient (Wildman–Crippen LogP) is 5.93. The van der Waals surface area contributed by atoms with E-state index in [1.165, 1.54) is 6.07 Å². The van der Waals surface area contributed by atoms with Crippen LogP contribution in [0.25, 0.3) is 0 Å². The van der Waals surface area contributed by atoms with Gasteiger partial charge in [-0.15, -0.1) is 0 Å². The normalized spacial score (nSPS) is 15.4. The maximum Gasteiger partial charge on any atom is 0.323 e. The molecule has 1 atom stereocenters. The summed E-state index contributed by atoms with van der Waals surface area (Å²) in [5, 5.41) is 20.2. The van der Waals surface area contributed by atoms with Gasteiger partial charge in [-0.05, 0) is 74.5 Å². The van der Waals surface area contributed by atoms with Gasteiger partial charge in [0.05, 0.1) is 4.92 Å². The number of amides is 2. The quantitative estimate of drug-likeness (QED) is 0.262. The average Bonchev–Trinajstić information content (AvgIpc) is 3.32. The Morgan fingerprint density at radius 2 is 1.71 bits per heavy atom. The van der Waals surface area contributed by atoms with Crippen LogP contribution in [0, 0.1) is 10.1 Å². The average molecular weight is 476 g/mol. The van der Waals surface area contributed by atoms with E-state index < -0.39 is 11.0 Å². The zero-order valence-corrected chi connectivity index (χ0v) is 19.6. The number of hydrogen-bond donors (Lipinski definition) is 3. The number of anilines is 3. The first-order valence-electron chi connectivity index (χ1n) is 11.7. The minimum Gasteiger partial charge on any atom is -0.457 e. The summed E-state index contributed by atoms with van der Waals surface area (Å²) >= 11 is 0. The van der Waals surface area contributed by atoms with Crippen LogP contribution in [0.15, 0.2) is 72.8 Å². The highest BCUT2D eigenvalue weighted by molar-refractivity contribution is 6.00. The van der Waals surface area contributed by atoms with Crippen molar-refractivity contribution < 1.29 is 14.5 Å². The van der Waals surface area contributed by atoms with Gasteiger partial charge in [-0.2, -0.15) is 0 Å². The molecule has 9 nitrogen and oxygen atoms in total. The molecule has 1 aliphatic rings. The molecule has 9 heteroatoms. The summed E-state index contributed by atoms with van der Waals surface area (Å²) in [5.41, 5.74) is 1.26. The second-order valence-corrected chi connectivity index (χ2v) is 8.31. The third kappa shape index (κ3) is 6.48. The van der Waals surface area contributed by atoms with E-state index in [0.29, 0.717) is 35.4 Å². The number of para-hydroxylation sites is 1. The molecule has 1 unspecified atom stereocenters. The van der Waals surface area contributed by atoms with Crippen molar-refractivity contribution in [3.63, 3.8) is 0 Å². The monoisotopic (exact) mass is 475 g/mol. The number of likely N-dealkylation sites (N-methyl/N-ethyl adjacent to an activating group) is 1. The van der Waals surface area contributed by atoms with Crippen molar-refractivity contribution in [3.8, 4) is 11.5 Å². The summed E-state index contributed by atoms with van der Waals surface area (Å²) in [4.78, 5) is 26.0. The molecule has 0 aliphatic carbocycles. The number of nitro groups is 1. The molecule has 0 bridgehead atoms. The second kappa shape index (κ2) is 11.3. The number of nitrogens with one attached hydrogen (secondary N) is 3. The Bertz CT molecular complexity index is 1150. The number of nitrogens with zero attached hydrogens (tertiary/aromatic N) is 2. The molecule has 35 heavy (non-hydrogen) atoms. The van der Waals surface area contributed by atoms with Crippen molar-refractivity contribution >= 4 is 28.8 Å². The molecule has 4 rings (SSSR count). The van der Waals surface area contributed by atoms with Crippen molar-refractivity contribution in [1.82, 2.24) is 4.90 Å². The number of carbonyl (C=O) groups is 1. The third-order valence-electron chi connectivity index (χ3n) is 5.98. The van der Waals surface area contributed by atoms with Crippen molar-refractivity contribution in [3.05, 3.63) is 82.9 Å². The van der Waals surface area contributed by atoms with Gasteiger partial charge in [-0.25, -0.2) is 4.79 Å². The Morgan fingerprint density at radius 1 is 1.03 bits per heavy atom. The largest absolute Gasteiger partial charge is 0.457 e. The molecule has 1 aliphatic heterocycles. The van der Waals surface area contributed by atoms with E-state index in [1.807, 2.05) is 30.3 Å². The molecule has 0 spiro atoms. The van der Waals surface area contributed by atoms with Gasteiger partial charge >= 0.3 is 6.03 Å². The van der Waals surface area contributed by atoms with E-state index in [4.69, 9.17) is 4.74 Å². The third-order valence-corrected chi connectivity index (χ3v) is 5.98. The van der Waals surface area contributed by atoms with Crippen LogP contribution in [0.5, 0.6) is 11.5 Å². The smallest absolute Gasteiger partial charge is 0.323 e. The van der Waals surface area contributed by atoms with Crippen molar-refractivity contribution in [2.45, 2.75) is 25.8 Å². The zero-order chi connectivity index (χ0) is 24.6. The molecule has 0 saturated carbocycles. The highest BCUT2D eigenvalue weighted by atomic mass is 16.6. The van der Waals surface area contributed by atoms with Crippen molar-refractivity contribution in [2.75, 3.05) is 35.6 Å². The van der Waals surface area contributed by atoms with E-state index in [-0.39, 0.29) is 5.69 Å². The van der Waals surface area contributed by atoms with E-state index in [1.54, 1.807) is 36.4 Å². The maximum absolute atomic E-state index is 12.4. The SMILES string of the molecule is CCN1CCCC1CNc1ccc(NC(=O)Nc2ccc(Oc3ccccc3)cc2)cc1[N+](=O)[O-]. The summed E-state index contributed by atoms with van der Waals surface area (Å²) in [5.74, 6) is 1.36. The topological polar surface area (TPSA) is 109 Å². The predicted molar refractivity (Wildman–Crippen MR) is 137 cm³/mol. The number of nitro benzene ring substituents is 1. The number of benzene rings is 3. The fourth-order valence-corrected chi connectivity index (χ4v) is 4.20. The summed E-state index contributed by atoms with van der Waals surface area (Å²) in [7, 11) is 0. The summed E-state index contributed by atoms with van der Waals surface area (Å²) in [6.45, 7) is 4.80. The fraction of sp³-hybridized carbons (Fsp3) is 0.269. The van der Waals surface area contributed by atoms with Gasteiger partial charge in [0.25, 0.3) is 5.69 Å². The lowest BCUT2D eigenvalue weighted by Gasteiger charge is -2.23. The molecule has 2 amide bonds. The summed E-state index contributed by atoms with van der Waals surface area (Å²) in [6, 6.07) is 20.8. The molecule has 182 valence electrons. The van der Waals surface area contributed by atoms with E-state index in [0.717, 1.165) is 31.7 Å². The Morgan fingerprint density at radius 3 is 2.43 bits per heavy atom. The van der Waals surface area contributed by atoms with E-state index in [2.05, 4.69) is 27.8 Å². The van der Waals surface area contributed by atoms with Crippen LogP contribution in [-0.2, 0) is 0 Å². The molecule has 1 saturated heterocycles. The fourth-order valence-electron chi connectivity index (χ4n) is 4.20. The van der Waals surface area contributed by atoms with Crippen LogP contribution < -0.4 is 20.7 Å². The van der Waals surface area contributed by atoms with E-state index in [9.17, 15) is 14.9 Å². The molecule has 3 N–H and O–H groups in total. The molecule has 3 aromatic rings. The molecular formula is C26H29N5O4. The Hall–Kier alpha value is -4.11. The van der Waals surface area contributed by atoms with Crippen LogP contribution in [0.1, 0.15) is 19.8 Å². The first-order valence-corrected chi connectivity index (χ1v) is 11.7. The number of ether oxygens (including phenoxy) is 1. The number of urea groups is 1. The number of rotatable bonds is 9. The molecule has 1 fully saturated rings. The Labute approximate surface area is 204 Å². The lowest BCUT2D eigenvalue weighted by molar-refractivity contribution is -0.383. The number of carbonyl (C=O) groups excluding carboxylic acids is 1. The molecule has 0 radical (unpaired) electrons. The van der Waals surface area contributed by atoms with Crippen LogP contribution >= 0.6 is 0 Å². The first-order chi connectivity index (χ1) is 17.0. The minimum atomic E-state index is -0.499. The molecule has 0 aromatic heterocycles. The highest BCUT2D eigenvalue weighted by Crippen LogP contribution is 2.29. The minimum absolute atomic E-state index is 0.0775. The highest BCUT2D eigenvalue weighted by Gasteiger charge is 2.24. The van der Waals surface area contributed by atoms with Gasteiger partial charge < -0.3 is 20.7 Å². The lowest BCUT2D eigenvalue weighted by Crippen LogP contribution is -2.34. The molecule has 3 aromatic carbocycles. The summed E-state index contributed by atoms with van der Waals surface area (Å²) < 4.78 is 5.74. The van der Waals surface area contributed by atoms with Crippen LogP contribution in [-0.4, -0.2) is 41.5 Å². The first kappa shape index (κ1) is 24.0. The Kier molecular flexibility index (Phi) is 7.79. The second-order valence-electron chi connectivity index (χ2n) is 8.31. The Balaban J connectivity index is 1.34. The van der Waals surface area contributed by atoms with Crippen LogP contribution in [0.4, 0.5) is 27.5 Å². The standard InChI is InChI=1S/C26H29N5O4/c1-2-30-16-6-7-21(30)18-27-24-15-12-20(17-25(24)31(33)34)29-26(32)28-19-10-13-23(14-11-19)35-22-8-4-3-5-9-22/h3-5,8-15,17,21,27H,2,6-7,16,18H2,1H3,(H2,28,29,32). The van der Waals surface area contributed by atoms with Crippen LogP contribution in [0.2, 0.25) is 0 Å². The summed E-state index contributed by atoms with van der Waals surface area (Å²) in [6.07, 6.45) is 2.22. The maximum atomic E-state index is 12.4. The van der Waals surface area contributed by atoms with Crippen molar-refractivity contribution in [2.24, 2.45) is 0 Å². The van der Waals surface area contributed by atoms with E-state index >= 15 is 0 Å². The van der Waals surface area contributed by atoms with Gasteiger partial charge in [-0.3, -0.25) is 15.0 Å². The van der Waals surface area contributed by atoms with Crippen molar-refractivity contribution in [1.29, 1.82) is 0 Å². The molecular weight excluding hydrogens is 446 g/mol. The van der Waals surface area contributed by atoms with Gasteiger partial charge in [0.15, 0.2) is 0 Å². The molecule has 1 heterocycles. The van der Waals surface area contributed by atoms with Gasteiger partial charge in [0.1, 0.15) is 17.2 Å². The number of likely N-dealkylation sites (tertiary alicyclic amines) is 1. The van der Waals surface area contributed by atoms with Gasteiger partial charge in [0, 0.05) is 30.0 Å². The van der Waals surface area contributed by atoms with Crippen LogP contribution in [0.3, 0.4) is 0 Å². The van der Waals surface area contributed by atoms with Gasteiger partial charge in [0.2, 0.25) is 0 Å². The zero-order valence-electron chi connectivity index (χ0n) is 19.6.